The highest BCUT2D eigenvalue weighted by Crippen LogP contribution is 2.50. The Morgan fingerprint density at radius 3 is 2.50 bits per heavy atom. The predicted molar refractivity (Wildman–Crippen MR) is 46.8 cm³/mol. The van der Waals surface area contributed by atoms with Gasteiger partial charge in [-0.3, -0.25) is 4.79 Å². The van der Waals surface area contributed by atoms with Crippen LogP contribution in [0.2, 0.25) is 0 Å². The number of carbonyl (C=O) groups is 1. The molecule has 1 saturated carbocycles. The molecule has 0 aromatic carbocycles. The molecule has 3 nitrogen and oxygen atoms in total. The van der Waals surface area contributed by atoms with E-state index in [0.717, 1.165) is 19.3 Å². The lowest BCUT2D eigenvalue weighted by Gasteiger charge is -2.22. The summed E-state index contributed by atoms with van der Waals surface area (Å²) in [5.74, 6) is -0.0521. The normalized spacial score (nSPS) is 21.6. The van der Waals surface area contributed by atoms with Crippen molar-refractivity contribution in [1.29, 1.82) is 0 Å². The van der Waals surface area contributed by atoms with E-state index in [1.807, 2.05) is 7.05 Å². The predicted octanol–water partition coefficient (Wildman–Crippen LogP) is 0.938. The van der Waals surface area contributed by atoms with Crippen LogP contribution in [0.5, 0.6) is 0 Å². The van der Waals surface area contributed by atoms with E-state index in [0.29, 0.717) is 0 Å². The van der Waals surface area contributed by atoms with Crippen LogP contribution >= 0.6 is 0 Å². The van der Waals surface area contributed by atoms with Gasteiger partial charge in [-0.15, -0.1) is 0 Å². The Morgan fingerprint density at radius 2 is 2.25 bits per heavy atom. The molecular formula is C9H17NO2. The summed E-state index contributed by atoms with van der Waals surface area (Å²) in [6, 6.07) is 0.282. The highest BCUT2D eigenvalue weighted by atomic mass is 16.5. The maximum Gasteiger partial charge on any atom is 0.313 e. The second-order valence-electron chi connectivity index (χ2n) is 3.40. The van der Waals surface area contributed by atoms with Gasteiger partial charge in [0.1, 0.15) is 0 Å². The molecule has 1 aliphatic rings. The molecule has 1 fully saturated rings. The number of methoxy groups -OCH3 is 1. The van der Waals surface area contributed by atoms with E-state index in [2.05, 4.69) is 12.2 Å². The van der Waals surface area contributed by atoms with Gasteiger partial charge in [-0.1, -0.05) is 6.92 Å². The monoisotopic (exact) mass is 171 g/mol. The summed E-state index contributed by atoms with van der Waals surface area (Å²) in [5.41, 5.74) is -0.196. The van der Waals surface area contributed by atoms with Crippen molar-refractivity contribution in [1.82, 2.24) is 5.32 Å². The minimum Gasteiger partial charge on any atom is -0.469 e. The van der Waals surface area contributed by atoms with Crippen molar-refractivity contribution < 1.29 is 9.53 Å². The fourth-order valence-corrected chi connectivity index (χ4v) is 1.90. The van der Waals surface area contributed by atoms with Crippen molar-refractivity contribution in [2.45, 2.75) is 32.2 Å². The molecule has 1 N–H and O–H groups in total. The average molecular weight is 171 g/mol. The number of carbonyl (C=O) groups excluding carboxylic acids is 1. The summed E-state index contributed by atoms with van der Waals surface area (Å²) in [6.45, 7) is 2.09. The first kappa shape index (κ1) is 9.52. The molecule has 12 heavy (non-hydrogen) atoms. The van der Waals surface area contributed by atoms with Gasteiger partial charge in [-0.05, 0) is 26.3 Å². The van der Waals surface area contributed by atoms with Crippen molar-refractivity contribution in [3.63, 3.8) is 0 Å². The smallest absolute Gasteiger partial charge is 0.313 e. The van der Waals surface area contributed by atoms with E-state index < -0.39 is 0 Å². The summed E-state index contributed by atoms with van der Waals surface area (Å²) >= 11 is 0. The summed E-state index contributed by atoms with van der Waals surface area (Å²) in [7, 11) is 3.36. The van der Waals surface area contributed by atoms with Gasteiger partial charge in [0.05, 0.1) is 12.5 Å². The van der Waals surface area contributed by atoms with E-state index >= 15 is 0 Å². The Balaban J connectivity index is 2.64. The van der Waals surface area contributed by atoms with E-state index in [-0.39, 0.29) is 17.4 Å². The van der Waals surface area contributed by atoms with Gasteiger partial charge in [-0.25, -0.2) is 0 Å². The Labute approximate surface area is 73.5 Å². The number of nitrogens with one attached hydrogen (secondary N) is 1. The highest BCUT2D eigenvalue weighted by molar-refractivity contribution is 5.80. The topological polar surface area (TPSA) is 38.3 Å². The molecule has 1 atom stereocenters. The molecule has 70 valence electrons. The first-order valence-corrected chi connectivity index (χ1v) is 4.47. The Bertz CT molecular complexity index is 171. The summed E-state index contributed by atoms with van der Waals surface area (Å²) in [4.78, 5) is 11.4. The average Bonchev–Trinajstić information content (AvgIpc) is 2.87. The minimum absolute atomic E-state index is 0.0521. The Kier molecular flexibility index (Phi) is 2.73. The second kappa shape index (κ2) is 3.44. The molecule has 0 saturated heterocycles. The zero-order chi connectivity index (χ0) is 9.19. The van der Waals surface area contributed by atoms with Crippen LogP contribution in [0, 0.1) is 5.41 Å². The molecule has 0 amide bonds. The molecule has 3 heteroatoms. The number of hydrogen-bond donors (Lipinski definition) is 1. The molecule has 1 aliphatic carbocycles. The standard InChI is InChI=1S/C9H17NO2/c1-4-7(10-2)9(5-6-9)8(11)12-3/h7,10H,4-6H2,1-3H3. The van der Waals surface area contributed by atoms with Crippen LogP contribution in [-0.2, 0) is 9.53 Å². The third-order valence-electron chi connectivity index (χ3n) is 2.80. The first-order chi connectivity index (χ1) is 5.71. The highest BCUT2D eigenvalue weighted by Gasteiger charge is 2.55. The lowest BCUT2D eigenvalue weighted by Crippen LogP contribution is -2.39. The second-order valence-corrected chi connectivity index (χ2v) is 3.40. The third kappa shape index (κ3) is 1.33. The van der Waals surface area contributed by atoms with E-state index in [9.17, 15) is 4.79 Å². The Hall–Kier alpha value is -0.570. The molecule has 0 heterocycles. The van der Waals surface area contributed by atoms with E-state index in [1.165, 1.54) is 7.11 Å². The summed E-state index contributed by atoms with van der Waals surface area (Å²) in [6.07, 6.45) is 2.92. The molecule has 1 unspecified atom stereocenters. The quantitative estimate of drug-likeness (QED) is 0.640. The number of hydrogen-bond acceptors (Lipinski definition) is 3. The first-order valence-electron chi connectivity index (χ1n) is 4.47. The molecule has 0 aromatic rings. The Morgan fingerprint density at radius 1 is 1.67 bits per heavy atom. The van der Waals surface area contributed by atoms with Crippen LogP contribution in [0.4, 0.5) is 0 Å². The third-order valence-corrected chi connectivity index (χ3v) is 2.80. The van der Waals surface area contributed by atoms with Crippen molar-refractivity contribution in [2.75, 3.05) is 14.2 Å². The van der Waals surface area contributed by atoms with Gasteiger partial charge in [0, 0.05) is 6.04 Å². The number of ether oxygens (including phenoxy) is 1. The summed E-state index contributed by atoms with van der Waals surface area (Å²) in [5, 5.41) is 3.17. The van der Waals surface area contributed by atoms with Crippen molar-refractivity contribution >= 4 is 5.97 Å². The van der Waals surface area contributed by atoms with Crippen LogP contribution < -0.4 is 5.32 Å². The van der Waals surface area contributed by atoms with Crippen molar-refractivity contribution in [3.05, 3.63) is 0 Å². The van der Waals surface area contributed by atoms with Gasteiger partial charge in [0.2, 0.25) is 0 Å². The van der Waals surface area contributed by atoms with Gasteiger partial charge in [0.15, 0.2) is 0 Å². The lowest BCUT2D eigenvalue weighted by molar-refractivity contribution is -0.148. The molecule has 0 aliphatic heterocycles. The van der Waals surface area contributed by atoms with Gasteiger partial charge >= 0.3 is 5.97 Å². The van der Waals surface area contributed by atoms with Crippen molar-refractivity contribution in [3.8, 4) is 0 Å². The van der Waals surface area contributed by atoms with Crippen LogP contribution in [0.15, 0.2) is 0 Å². The molecule has 0 bridgehead atoms. The van der Waals surface area contributed by atoms with Crippen LogP contribution in [0.1, 0.15) is 26.2 Å². The fraction of sp³-hybridized carbons (Fsp3) is 0.889. The van der Waals surface area contributed by atoms with Gasteiger partial charge in [-0.2, -0.15) is 0 Å². The zero-order valence-corrected chi connectivity index (χ0v) is 8.02. The van der Waals surface area contributed by atoms with E-state index in [1.54, 1.807) is 0 Å². The van der Waals surface area contributed by atoms with Crippen molar-refractivity contribution in [2.24, 2.45) is 5.41 Å². The maximum absolute atomic E-state index is 11.4. The number of rotatable bonds is 4. The molecule has 0 radical (unpaired) electrons. The van der Waals surface area contributed by atoms with Gasteiger partial charge < -0.3 is 10.1 Å². The largest absolute Gasteiger partial charge is 0.469 e. The molecule has 1 rings (SSSR count). The maximum atomic E-state index is 11.4. The minimum atomic E-state index is -0.196. The summed E-state index contributed by atoms with van der Waals surface area (Å²) < 4.78 is 4.78. The molecule has 0 spiro atoms. The molecule has 0 aromatic heterocycles. The van der Waals surface area contributed by atoms with Crippen LogP contribution in [0.25, 0.3) is 0 Å². The SMILES string of the molecule is CCC(NC)C1(C(=O)OC)CC1. The van der Waals surface area contributed by atoms with Crippen LogP contribution in [0.3, 0.4) is 0 Å². The lowest BCUT2D eigenvalue weighted by atomic mass is 9.94. The number of esters is 1. The van der Waals surface area contributed by atoms with Gasteiger partial charge in [0.25, 0.3) is 0 Å². The van der Waals surface area contributed by atoms with Crippen LogP contribution in [-0.4, -0.2) is 26.2 Å². The molecular weight excluding hydrogens is 154 g/mol. The fourth-order valence-electron chi connectivity index (χ4n) is 1.90. The zero-order valence-electron chi connectivity index (χ0n) is 8.02. The van der Waals surface area contributed by atoms with E-state index in [4.69, 9.17) is 4.74 Å².